The van der Waals surface area contributed by atoms with Crippen LogP contribution in [0.25, 0.3) is 0 Å². The second kappa shape index (κ2) is 6.23. The van der Waals surface area contributed by atoms with E-state index in [0.717, 1.165) is 31.8 Å². The van der Waals surface area contributed by atoms with Gasteiger partial charge in [0, 0.05) is 24.8 Å². The van der Waals surface area contributed by atoms with E-state index in [1.807, 2.05) is 4.90 Å². The van der Waals surface area contributed by atoms with Crippen molar-refractivity contribution >= 4 is 21.8 Å². The molecule has 2 atom stereocenters. The molecular weight excluding hydrogens is 290 g/mol. The molecule has 0 aromatic carbocycles. The molecule has 0 aromatic rings. The summed E-state index contributed by atoms with van der Waals surface area (Å²) < 4.78 is 0. The van der Waals surface area contributed by atoms with Crippen molar-refractivity contribution in [3.8, 4) is 0 Å². The maximum absolute atomic E-state index is 11.4. The Morgan fingerprint density at radius 2 is 1.94 bits per heavy atom. The molecule has 1 aliphatic carbocycles. The number of hydrogen-bond donors (Lipinski definition) is 0. The van der Waals surface area contributed by atoms with Crippen molar-refractivity contribution in [2.75, 3.05) is 13.1 Å². The molecule has 1 fully saturated rings. The zero-order chi connectivity index (χ0) is 13.1. The summed E-state index contributed by atoms with van der Waals surface area (Å²) in [5.74, 6) is 1.66. The fourth-order valence-electron chi connectivity index (χ4n) is 3.31. The van der Waals surface area contributed by atoms with Gasteiger partial charge < -0.3 is 4.90 Å². The average Bonchev–Trinajstić information content (AvgIpc) is 2.51. The molecule has 2 rings (SSSR count). The van der Waals surface area contributed by atoms with Crippen LogP contribution >= 0.6 is 15.9 Å². The number of carbonyl (C=O) groups is 1. The zero-order valence-electron chi connectivity index (χ0n) is 11.5. The molecular formula is C15H24BrNO. The Hall–Kier alpha value is -0.310. The number of amides is 1. The van der Waals surface area contributed by atoms with Crippen LogP contribution in [-0.2, 0) is 4.79 Å². The molecule has 0 N–H and O–H groups in total. The molecule has 2 nitrogen and oxygen atoms in total. The van der Waals surface area contributed by atoms with Gasteiger partial charge in [0.25, 0.3) is 0 Å². The Kier molecular flexibility index (Phi) is 4.88. The van der Waals surface area contributed by atoms with Crippen molar-refractivity contribution in [3.05, 3.63) is 11.6 Å². The Morgan fingerprint density at radius 3 is 2.56 bits per heavy atom. The van der Waals surface area contributed by atoms with E-state index in [0.29, 0.717) is 10.7 Å². The van der Waals surface area contributed by atoms with Crippen LogP contribution in [0.5, 0.6) is 0 Å². The lowest BCUT2D eigenvalue weighted by Gasteiger charge is -2.34. The fraction of sp³-hybridized carbons (Fsp3) is 0.800. The van der Waals surface area contributed by atoms with Crippen LogP contribution in [0.4, 0.5) is 0 Å². The van der Waals surface area contributed by atoms with Crippen LogP contribution < -0.4 is 0 Å². The first-order chi connectivity index (χ1) is 8.58. The van der Waals surface area contributed by atoms with Gasteiger partial charge in [0.2, 0.25) is 5.91 Å². The van der Waals surface area contributed by atoms with Crippen LogP contribution in [-0.4, -0.2) is 28.7 Å². The minimum Gasteiger partial charge on any atom is -0.343 e. The van der Waals surface area contributed by atoms with Gasteiger partial charge in [0.1, 0.15) is 0 Å². The second-order valence-electron chi connectivity index (χ2n) is 5.79. The van der Waals surface area contributed by atoms with Crippen LogP contribution in [0, 0.1) is 11.8 Å². The highest BCUT2D eigenvalue weighted by Crippen LogP contribution is 2.36. The van der Waals surface area contributed by atoms with E-state index in [9.17, 15) is 4.79 Å². The summed E-state index contributed by atoms with van der Waals surface area (Å²) in [5, 5.41) is 0. The summed E-state index contributed by atoms with van der Waals surface area (Å²) in [6, 6.07) is 0. The number of allylic oxidation sites excluding steroid dienone is 2. The van der Waals surface area contributed by atoms with Gasteiger partial charge in [-0.3, -0.25) is 4.79 Å². The quantitative estimate of drug-likeness (QED) is 0.533. The molecule has 102 valence electrons. The maximum atomic E-state index is 11.4. The standard InChI is InChI=1S/C15H24BrNO/c1-11-4-3-5-14(16)10-15(11)13-6-8-17(9-7-13)12(2)18/h10-11,13-14H,3-9H2,1-2H3. The summed E-state index contributed by atoms with van der Waals surface area (Å²) in [5.41, 5.74) is 1.65. The summed E-state index contributed by atoms with van der Waals surface area (Å²) in [6.07, 6.45) is 8.67. The highest BCUT2D eigenvalue weighted by molar-refractivity contribution is 9.09. The summed E-state index contributed by atoms with van der Waals surface area (Å²) in [6.45, 7) is 5.94. The number of hydrogen-bond acceptors (Lipinski definition) is 1. The first-order valence-corrected chi connectivity index (χ1v) is 8.10. The van der Waals surface area contributed by atoms with Crippen LogP contribution in [0.2, 0.25) is 0 Å². The second-order valence-corrected chi connectivity index (χ2v) is 6.97. The molecule has 2 unspecified atom stereocenters. The van der Waals surface area contributed by atoms with Crippen molar-refractivity contribution in [3.63, 3.8) is 0 Å². The lowest BCUT2D eigenvalue weighted by molar-refractivity contribution is -0.130. The molecule has 0 bridgehead atoms. The van der Waals surface area contributed by atoms with E-state index < -0.39 is 0 Å². The summed E-state index contributed by atoms with van der Waals surface area (Å²) >= 11 is 3.77. The number of rotatable bonds is 1. The van der Waals surface area contributed by atoms with Crippen molar-refractivity contribution in [2.45, 2.75) is 50.8 Å². The summed E-state index contributed by atoms with van der Waals surface area (Å²) in [4.78, 5) is 13.9. The van der Waals surface area contributed by atoms with Crippen molar-refractivity contribution in [1.82, 2.24) is 4.90 Å². The molecule has 0 radical (unpaired) electrons. The van der Waals surface area contributed by atoms with Gasteiger partial charge in [-0.25, -0.2) is 0 Å². The van der Waals surface area contributed by atoms with Crippen LogP contribution in [0.3, 0.4) is 0 Å². The molecule has 3 heteroatoms. The number of likely N-dealkylation sites (tertiary alicyclic amines) is 1. The van der Waals surface area contributed by atoms with Gasteiger partial charge in [-0.05, 0) is 37.5 Å². The van der Waals surface area contributed by atoms with Crippen molar-refractivity contribution < 1.29 is 4.79 Å². The Balaban J connectivity index is 2.01. The van der Waals surface area contributed by atoms with E-state index in [2.05, 4.69) is 28.9 Å². The lowest BCUT2D eigenvalue weighted by atomic mass is 9.81. The predicted octanol–water partition coefficient (Wildman–Crippen LogP) is 3.75. The van der Waals surface area contributed by atoms with Crippen molar-refractivity contribution in [1.29, 1.82) is 0 Å². The lowest BCUT2D eigenvalue weighted by Crippen LogP contribution is -2.37. The van der Waals surface area contributed by atoms with Crippen LogP contribution in [0.1, 0.15) is 46.0 Å². The molecule has 1 aliphatic heterocycles. The average molecular weight is 314 g/mol. The van der Waals surface area contributed by atoms with E-state index in [4.69, 9.17) is 0 Å². The topological polar surface area (TPSA) is 20.3 Å². The predicted molar refractivity (Wildman–Crippen MR) is 78.8 cm³/mol. The van der Waals surface area contributed by atoms with Gasteiger partial charge in [-0.1, -0.05) is 40.9 Å². The smallest absolute Gasteiger partial charge is 0.219 e. The van der Waals surface area contributed by atoms with Gasteiger partial charge >= 0.3 is 0 Å². The number of carbonyl (C=O) groups excluding carboxylic acids is 1. The van der Waals surface area contributed by atoms with E-state index in [-0.39, 0.29) is 5.91 Å². The van der Waals surface area contributed by atoms with E-state index in [1.54, 1.807) is 12.5 Å². The third-order valence-corrected chi connectivity index (χ3v) is 5.19. The van der Waals surface area contributed by atoms with Gasteiger partial charge in [0.05, 0.1) is 0 Å². The fourth-order valence-corrected chi connectivity index (χ4v) is 3.94. The molecule has 0 spiro atoms. The van der Waals surface area contributed by atoms with E-state index in [1.165, 1.54) is 19.3 Å². The maximum Gasteiger partial charge on any atom is 0.219 e. The normalized spacial score (nSPS) is 30.8. The Morgan fingerprint density at radius 1 is 1.28 bits per heavy atom. The monoisotopic (exact) mass is 313 g/mol. The SMILES string of the molecule is CC(=O)N1CCC(C2=CC(Br)CCCC2C)CC1. The first-order valence-electron chi connectivity index (χ1n) is 7.19. The molecule has 2 aliphatic rings. The number of halogens is 1. The van der Waals surface area contributed by atoms with Gasteiger partial charge in [-0.15, -0.1) is 0 Å². The highest BCUT2D eigenvalue weighted by Gasteiger charge is 2.27. The molecule has 18 heavy (non-hydrogen) atoms. The zero-order valence-corrected chi connectivity index (χ0v) is 13.1. The molecule has 0 aromatic heterocycles. The largest absolute Gasteiger partial charge is 0.343 e. The number of nitrogens with zero attached hydrogens (tertiary/aromatic N) is 1. The Bertz CT molecular complexity index is 331. The Labute approximate surface area is 119 Å². The first kappa shape index (κ1) is 14.1. The van der Waals surface area contributed by atoms with Crippen LogP contribution in [0.15, 0.2) is 11.6 Å². The van der Waals surface area contributed by atoms with Gasteiger partial charge in [0.15, 0.2) is 0 Å². The van der Waals surface area contributed by atoms with Crippen molar-refractivity contribution in [2.24, 2.45) is 11.8 Å². The minimum absolute atomic E-state index is 0.231. The number of piperidine rings is 1. The molecule has 0 saturated carbocycles. The number of alkyl halides is 1. The minimum atomic E-state index is 0.231. The molecule has 1 saturated heterocycles. The third kappa shape index (κ3) is 3.37. The molecule has 1 amide bonds. The summed E-state index contributed by atoms with van der Waals surface area (Å²) in [7, 11) is 0. The van der Waals surface area contributed by atoms with Gasteiger partial charge in [-0.2, -0.15) is 0 Å². The third-order valence-electron chi connectivity index (χ3n) is 4.47. The van der Waals surface area contributed by atoms with E-state index >= 15 is 0 Å². The highest BCUT2D eigenvalue weighted by atomic mass is 79.9. The molecule has 1 heterocycles.